The van der Waals surface area contributed by atoms with E-state index in [9.17, 15) is 0 Å². The van der Waals surface area contributed by atoms with Crippen LogP contribution in [0.4, 0.5) is 0 Å². The van der Waals surface area contributed by atoms with Crippen LogP contribution in [0.1, 0.15) is 11.1 Å². The highest BCUT2D eigenvalue weighted by atomic mass is 16.5. The quantitative estimate of drug-likeness (QED) is 0.699. The minimum atomic E-state index is 0.688. The molecule has 3 heteroatoms. The summed E-state index contributed by atoms with van der Waals surface area (Å²) in [6.45, 7) is 3.53. The van der Waals surface area contributed by atoms with Crippen LogP contribution in [0.5, 0.6) is 0 Å². The summed E-state index contributed by atoms with van der Waals surface area (Å²) in [6, 6.07) is 8.06. The van der Waals surface area contributed by atoms with Gasteiger partial charge in [0, 0.05) is 5.56 Å². The van der Waals surface area contributed by atoms with Crippen molar-refractivity contribution in [3.8, 4) is 0 Å². The van der Waals surface area contributed by atoms with E-state index in [2.05, 4.69) is 23.5 Å². The van der Waals surface area contributed by atoms with E-state index in [4.69, 9.17) is 4.74 Å². The summed E-state index contributed by atoms with van der Waals surface area (Å²) in [6.07, 6.45) is 0. The molecule has 0 atom stereocenters. The first kappa shape index (κ1) is 8.10. The fourth-order valence-electron chi connectivity index (χ4n) is 1.30. The molecule has 0 fully saturated rings. The van der Waals surface area contributed by atoms with E-state index in [1.54, 1.807) is 0 Å². The van der Waals surface area contributed by atoms with Crippen LogP contribution in [0.2, 0.25) is 0 Å². The summed E-state index contributed by atoms with van der Waals surface area (Å²) >= 11 is 0. The van der Waals surface area contributed by atoms with Gasteiger partial charge in [-0.2, -0.15) is 0 Å². The molecule has 0 saturated heterocycles. The fourth-order valence-corrected chi connectivity index (χ4v) is 1.30. The van der Waals surface area contributed by atoms with E-state index < -0.39 is 0 Å². The standard InChI is InChI=1S/C10H12N2O/c1-8-4-2-3-5-9(8)10-12-11-6-7-13-10/h2-5,11H,6-7H2,1H3. The van der Waals surface area contributed by atoms with E-state index in [1.165, 1.54) is 5.56 Å². The molecular formula is C10H12N2O. The number of hydrazone groups is 1. The van der Waals surface area contributed by atoms with Gasteiger partial charge < -0.3 is 10.2 Å². The van der Waals surface area contributed by atoms with Crippen LogP contribution in [-0.2, 0) is 4.74 Å². The van der Waals surface area contributed by atoms with Gasteiger partial charge in [-0.1, -0.05) is 18.2 Å². The average Bonchev–Trinajstić information content (AvgIpc) is 2.20. The molecule has 1 aliphatic heterocycles. The number of hydrogen-bond donors (Lipinski definition) is 1. The lowest BCUT2D eigenvalue weighted by molar-refractivity contribution is 0.279. The molecule has 0 saturated carbocycles. The second kappa shape index (κ2) is 3.47. The van der Waals surface area contributed by atoms with Crippen molar-refractivity contribution in [1.82, 2.24) is 5.43 Å². The average molecular weight is 176 g/mol. The highest BCUT2D eigenvalue weighted by Gasteiger charge is 2.10. The van der Waals surface area contributed by atoms with Gasteiger partial charge in [0.05, 0.1) is 6.54 Å². The molecule has 0 aromatic heterocycles. The molecule has 0 aliphatic carbocycles. The van der Waals surface area contributed by atoms with Gasteiger partial charge >= 0.3 is 0 Å². The largest absolute Gasteiger partial charge is 0.474 e. The number of rotatable bonds is 1. The Kier molecular flexibility index (Phi) is 2.17. The van der Waals surface area contributed by atoms with E-state index in [-0.39, 0.29) is 0 Å². The Balaban J connectivity index is 2.34. The molecule has 1 aliphatic rings. The molecule has 0 spiro atoms. The molecule has 0 radical (unpaired) electrons. The topological polar surface area (TPSA) is 33.6 Å². The molecule has 2 rings (SSSR count). The summed E-state index contributed by atoms with van der Waals surface area (Å²) in [5, 5.41) is 4.10. The Morgan fingerprint density at radius 2 is 2.23 bits per heavy atom. The van der Waals surface area contributed by atoms with Gasteiger partial charge in [0.1, 0.15) is 6.61 Å². The maximum absolute atomic E-state index is 5.43. The minimum Gasteiger partial charge on any atom is -0.474 e. The molecular weight excluding hydrogens is 164 g/mol. The third-order valence-electron chi connectivity index (χ3n) is 2.01. The summed E-state index contributed by atoms with van der Waals surface area (Å²) in [5.41, 5.74) is 5.17. The molecule has 1 aromatic carbocycles. The number of benzene rings is 1. The molecule has 1 heterocycles. The molecule has 3 nitrogen and oxygen atoms in total. The molecule has 13 heavy (non-hydrogen) atoms. The third-order valence-corrected chi connectivity index (χ3v) is 2.01. The van der Waals surface area contributed by atoms with Gasteiger partial charge in [0.2, 0.25) is 5.90 Å². The minimum absolute atomic E-state index is 0.688. The predicted molar refractivity (Wildman–Crippen MR) is 51.7 cm³/mol. The van der Waals surface area contributed by atoms with Gasteiger partial charge in [-0.05, 0) is 18.6 Å². The Labute approximate surface area is 77.4 Å². The van der Waals surface area contributed by atoms with Crippen molar-refractivity contribution >= 4 is 5.90 Å². The highest BCUT2D eigenvalue weighted by molar-refractivity contribution is 5.95. The van der Waals surface area contributed by atoms with Crippen LogP contribution in [0.3, 0.4) is 0 Å². The van der Waals surface area contributed by atoms with Crippen molar-refractivity contribution in [3.63, 3.8) is 0 Å². The fraction of sp³-hybridized carbons (Fsp3) is 0.300. The van der Waals surface area contributed by atoms with Crippen molar-refractivity contribution in [2.24, 2.45) is 5.10 Å². The molecule has 68 valence electrons. The third kappa shape index (κ3) is 1.64. The maximum atomic E-state index is 5.43. The van der Waals surface area contributed by atoms with Crippen molar-refractivity contribution in [1.29, 1.82) is 0 Å². The molecule has 0 bridgehead atoms. The van der Waals surface area contributed by atoms with Crippen LogP contribution < -0.4 is 5.43 Å². The smallest absolute Gasteiger partial charge is 0.238 e. The Bertz CT molecular complexity index is 333. The van der Waals surface area contributed by atoms with E-state index in [0.29, 0.717) is 12.5 Å². The number of aryl methyl sites for hydroxylation is 1. The van der Waals surface area contributed by atoms with Crippen molar-refractivity contribution in [2.45, 2.75) is 6.92 Å². The van der Waals surface area contributed by atoms with Crippen LogP contribution >= 0.6 is 0 Å². The van der Waals surface area contributed by atoms with Crippen LogP contribution in [0.15, 0.2) is 29.4 Å². The van der Waals surface area contributed by atoms with Crippen molar-refractivity contribution in [2.75, 3.05) is 13.2 Å². The highest BCUT2D eigenvalue weighted by Crippen LogP contribution is 2.10. The summed E-state index contributed by atoms with van der Waals surface area (Å²) in [5.74, 6) is 0.698. The second-order valence-corrected chi connectivity index (χ2v) is 2.99. The van der Waals surface area contributed by atoms with Crippen molar-refractivity contribution in [3.05, 3.63) is 35.4 Å². The van der Waals surface area contributed by atoms with E-state index in [1.807, 2.05) is 18.2 Å². The Hall–Kier alpha value is -1.51. The zero-order valence-electron chi connectivity index (χ0n) is 7.58. The first-order valence-corrected chi connectivity index (χ1v) is 4.37. The monoisotopic (exact) mass is 176 g/mol. The number of hydrogen-bond acceptors (Lipinski definition) is 3. The van der Waals surface area contributed by atoms with E-state index in [0.717, 1.165) is 12.1 Å². The van der Waals surface area contributed by atoms with Crippen LogP contribution in [0.25, 0.3) is 0 Å². The Morgan fingerprint density at radius 1 is 1.38 bits per heavy atom. The zero-order valence-corrected chi connectivity index (χ0v) is 7.58. The Morgan fingerprint density at radius 3 is 2.92 bits per heavy atom. The van der Waals surface area contributed by atoms with Gasteiger partial charge in [0.25, 0.3) is 0 Å². The van der Waals surface area contributed by atoms with Crippen LogP contribution in [0, 0.1) is 6.92 Å². The molecule has 1 aromatic rings. The summed E-state index contributed by atoms with van der Waals surface area (Å²) < 4.78 is 5.43. The first-order valence-electron chi connectivity index (χ1n) is 4.37. The summed E-state index contributed by atoms with van der Waals surface area (Å²) in [7, 11) is 0. The SMILES string of the molecule is Cc1ccccc1C1=NNCCO1. The normalized spacial score (nSPS) is 15.6. The van der Waals surface area contributed by atoms with Gasteiger partial charge in [-0.25, -0.2) is 0 Å². The van der Waals surface area contributed by atoms with Gasteiger partial charge in [-0.15, -0.1) is 5.10 Å². The lowest BCUT2D eigenvalue weighted by Gasteiger charge is -2.15. The number of ether oxygens (including phenoxy) is 1. The number of nitrogens with one attached hydrogen (secondary N) is 1. The van der Waals surface area contributed by atoms with Gasteiger partial charge in [-0.3, -0.25) is 0 Å². The predicted octanol–water partition coefficient (Wildman–Crippen LogP) is 1.28. The van der Waals surface area contributed by atoms with E-state index >= 15 is 0 Å². The lowest BCUT2D eigenvalue weighted by atomic mass is 10.1. The van der Waals surface area contributed by atoms with Gasteiger partial charge in [0.15, 0.2) is 0 Å². The molecule has 0 amide bonds. The number of nitrogens with zero attached hydrogens (tertiary/aromatic N) is 1. The zero-order chi connectivity index (χ0) is 9.10. The molecule has 0 unspecified atom stereocenters. The summed E-state index contributed by atoms with van der Waals surface area (Å²) in [4.78, 5) is 0. The van der Waals surface area contributed by atoms with Crippen LogP contribution in [-0.4, -0.2) is 19.0 Å². The lowest BCUT2D eigenvalue weighted by Crippen LogP contribution is -2.26. The molecule has 1 N–H and O–H groups in total. The second-order valence-electron chi connectivity index (χ2n) is 2.99. The maximum Gasteiger partial charge on any atom is 0.238 e. The van der Waals surface area contributed by atoms with Crippen molar-refractivity contribution < 1.29 is 4.74 Å². The first-order chi connectivity index (χ1) is 6.38.